The Bertz CT molecular complexity index is 2950. The van der Waals surface area contributed by atoms with Gasteiger partial charge < -0.3 is 29.5 Å². The van der Waals surface area contributed by atoms with Gasteiger partial charge in [0.1, 0.15) is 23.7 Å². The fraction of sp³-hybridized carbons (Fsp3) is 0.573. The van der Waals surface area contributed by atoms with Gasteiger partial charge in [-0.15, -0.1) is 0 Å². The van der Waals surface area contributed by atoms with Crippen LogP contribution in [0.15, 0.2) is 109 Å². The first kappa shape index (κ1) is 68.0. The molecule has 0 bridgehead atoms. The number of hydrogen-bond acceptors (Lipinski definition) is 8. The van der Waals surface area contributed by atoms with Gasteiger partial charge in [0.25, 0.3) is 0 Å². The lowest BCUT2D eigenvalue weighted by molar-refractivity contribution is -0.200. The van der Waals surface area contributed by atoms with Crippen molar-refractivity contribution in [2.45, 2.75) is 260 Å². The molecule has 2 amide bonds. The minimum Gasteiger partial charge on any atom is -0.507 e. The van der Waals surface area contributed by atoms with Crippen molar-refractivity contribution >= 4 is 23.8 Å². The van der Waals surface area contributed by atoms with Crippen molar-refractivity contribution in [1.29, 1.82) is 0 Å². The molecule has 10 nitrogen and oxygen atoms in total. The number of carbonyl (C=O) groups excluding carboxylic acids is 4. The molecule has 0 saturated carbocycles. The van der Waals surface area contributed by atoms with Crippen molar-refractivity contribution in [3.8, 4) is 11.5 Å². The average Bonchev–Trinajstić information content (AvgIpc) is 1.23. The standard InChI is InChI=1S/C75H106N2O8/c1-25-71(21)45-59(49(9)73(23,27-3)76(71)63(80)47(5)6)84-65(82)75(66(83)85-60-46-72(22,26-2)77(64(81)48(7)8)74(24,28-4)50(60)10,43-51-39-55(67(11,12)13)61(78)57(41-51)69(17,18)53-35-31-29-32-36-53)44-52-40-56(68(14,15)16)62(79)58(42-52)70(19,20)54-37-33-30-34-38-54/h29-42,49-50,59-60,78-79H,5,7,25-28,43-46H2,1-4,6,8-24H3. The fourth-order valence-corrected chi connectivity index (χ4v) is 14.4. The summed E-state index contributed by atoms with van der Waals surface area (Å²) in [6.07, 6.45) is 0.821. The Morgan fingerprint density at radius 2 is 0.812 bits per heavy atom. The zero-order valence-electron chi connectivity index (χ0n) is 56.2. The number of carbonyl (C=O) groups is 4. The first-order valence-corrected chi connectivity index (χ1v) is 31.4. The van der Waals surface area contributed by atoms with E-state index in [4.69, 9.17) is 9.47 Å². The minimum atomic E-state index is -2.15. The van der Waals surface area contributed by atoms with Gasteiger partial charge >= 0.3 is 11.9 Å². The summed E-state index contributed by atoms with van der Waals surface area (Å²) in [6.45, 7) is 52.8. The third-order valence-corrected chi connectivity index (χ3v) is 21.2. The lowest BCUT2D eigenvalue weighted by Gasteiger charge is -2.60. The molecule has 6 rings (SSSR count). The number of hydrogen-bond donors (Lipinski definition) is 2. The molecule has 464 valence electrons. The summed E-state index contributed by atoms with van der Waals surface area (Å²) in [5.41, 5.74) is -1.51. The number of esters is 2. The van der Waals surface area contributed by atoms with E-state index in [1.165, 1.54) is 0 Å². The van der Waals surface area contributed by atoms with Crippen LogP contribution in [0.1, 0.15) is 235 Å². The van der Waals surface area contributed by atoms with Crippen LogP contribution in [-0.2, 0) is 63.2 Å². The molecule has 0 aromatic heterocycles. The van der Waals surface area contributed by atoms with Crippen LogP contribution >= 0.6 is 0 Å². The molecule has 10 heteroatoms. The van der Waals surface area contributed by atoms with E-state index in [0.29, 0.717) is 70.2 Å². The maximum absolute atomic E-state index is 17.1. The fourth-order valence-electron chi connectivity index (χ4n) is 14.4. The number of aromatic hydroxyl groups is 2. The molecule has 4 aromatic carbocycles. The van der Waals surface area contributed by atoms with Crippen LogP contribution in [0, 0.1) is 17.3 Å². The monoisotopic (exact) mass is 1160 g/mol. The normalized spacial score (nSPS) is 25.1. The molecule has 4 aromatic rings. The van der Waals surface area contributed by atoms with Crippen LogP contribution in [0.5, 0.6) is 11.5 Å². The summed E-state index contributed by atoms with van der Waals surface area (Å²) in [7, 11) is 0. The molecule has 2 aliphatic heterocycles. The molecule has 0 radical (unpaired) electrons. The number of nitrogens with zero attached hydrogens (tertiary/aromatic N) is 2. The molecular weight excluding hydrogens is 1060 g/mol. The summed E-state index contributed by atoms with van der Waals surface area (Å²) in [4.78, 5) is 67.0. The van der Waals surface area contributed by atoms with Gasteiger partial charge in [0, 0.05) is 79.9 Å². The topological polar surface area (TPSA) is 134 Å². The highest BCUT2D eigenvalue weighted by atomic mass is 16.6. The summed E-state index contributed by atoms with van der Waals surface area (Å²) < 4.78 is 14.5. The van der Waals surface area contributed by atoms with E-state index < -0.39 is 85.2 Å². The van der Waals surface area contributed by atoms with E-state index in [-0.39, 0.29) is 49.0 Å². The summed E-state index contributed by atoms with van der Waals surface area (Å²) in [6, 6.07) is 27.8. The first-order valence-electron chi connectivity index (χ1n) is 31.4. The highest BCUT2D eigenvalue weighted by molar-refractivity contribution is 6.01. The van der Waals surface area contributed by atoms with Crippen molar-refractivity contribution in [3.05, 3.63) is 154 Å². The lowest BCUT2D eigenvalue weighted by atomic mass is 9.67. The van der Waals surface area contributed by atoms with Crippen LogP contribution in [0.4, 0.5) is 0 Å². The average molecular weight is 1160 g/mol. The number of rotatable bonds is 18. The largest absolute Gasteiger partial charge is 0.507 e. The van der Waals surface area contributed by atoms with Gasteiger partial charge in [-0.1, -0.05) is 209 Å². The van der Waals surface area contributed by atoms with Gasteiger partial charge in [-0.05, 0) is 124 Å². The van der Waals surface area contributed by atoms with Crippen molar-refractivity contribution < 1.29 is 38.9 Å². The predicted octanol–water partition coefficient (Wildman–Crippen LogP) is 16.5. The second-order valence-electron chi connectivity index (χ2n) is 29.8. The quantitative estimate of drug-likeness (QED) is 0.0572. The second-order valence-corrected chi connectivity index (χ2v) is 29.8. The smallest absolute Gasteiger partial charge is 0.324 e. The molecule has 8 atom stereocenters. The van der Waals surface area contributed by atoms with Crippen molar-refractivity contribution in [2.75, 3.05) is 0 Å². The van der Waals surface area contributed by atoms with Crippen molar-refractivity contribution in [1.82, 2.24) is 9.80 Å². The van der Waals surface area contributed by atoms with Gasteiger partial charge in [0.2, 0.25) is 11.8 Å². The van der Waals surface area contributed by atoms with Crippen LogP contribution in [0.3, 0.4) is 0 Å². The molecule has 2 heterocycles. The number of benzene rings is 4. The van der Waals surface area contributed by atoms with Crippen LogP contribution < -0.4 is 0 Å². The molecule has 2 fully saturated rings. The predicted molar refractivity (Wildman–Crippen MR) is 346 cm³/mol. The Kier molecular flexibility index (Phi) is 19.3. The summed E-state index contributed by atoms with van der Waals surface area (Å²) in [5.74, 6) is -2.41. The number of phenols is 2. The molecule has 2 N–H and O–H groups in total. The Hall–Kier alpha value is -6.16. The van der Waals surface area contributed by atoms with Gasteiger partial charge in [0.05, 0.1) is 0 Å². The number of piperidine rings is 2. The van der Waals surface area contributed by atoms with Crippen molar-refractivity contribution in [3.63, 3.8) is 0 Å². The van der Waals surface area contributed by atoms with E-state index in [9.17, 15) is 19.8 Å². The Morgan fingerprint density at radius 1 is 0.518 bits per heavy atom. The highest BCUT2D eigenvalue weighted by Gasteiger charge is 2.61. The molecule has 0 spiro atoms. The van der Waals surface area contributed by atoms with Gasteiger partial charge in [-0.2, -0.15) is 0 Å². The number of phenolic OH excluding ortho intramolecular Hbond substituents is 2. The zero-order chi connectivity index (χ0) is 64.2. The number of amides is 2. The maximum Gasteiger partial charge on any atom is 0.324 e. The van der Waals surface area contributed by atoms with E-state index in [1.807, 2.05) is 164 Å². The number of likely N-dealkylation sites (tertiary alicyclic amines) is 2. The highest BCUT2D eigenvalue weighted by Crippen LogP contribution is 2.53. The molecular formula is C75H106N2O8. The second kappa shape index (κ2) is 24.2. The van der Waals surface area contributed by atoms with Gasteiger partial charge in [-0.25, -0.2) is 0 Å². The molecule has 8 unspecified atom stereocenters. The van der Waals surface area contributed by atoms with E-state index in [0.717, 1.165) is 11.1 Å². The zero-order valence-corrected chi connectivity index (χ0v) is 56.2. The Balaban J connectivity index is 1.76. The Labute approximate surface area is 512 Å². The lowest BCUT2D eigenvalue weighted by Crippen LogP contribution is -2.70. The van der Waals surface area contributed by atoms with Gasteiger partial charge in [0.15, 0.2) is 5.41 Å². The third-order valence-electron chi connectivity index (χ3n) is 21.2. The molecule has 2 saturated heterocycles. The van der Waals surface area contributed by atoms with E-state index >= 15 is 9.59 Å². The SMILES string of the molecule is C=C(C)C(=O)N1C(C)(CC)CC(OC(=O)C(Cc2cc(C(C)(C)C)c(O)c(C(C)(C)c3ccccc3)c2)(Cc2cc(C(C)(C)C)c(O)c(C(C)(C)c3ccccc3)c2)C(=O)OC2CC(C)(CC)N(C(=O)C(=C)C)C(C)(CC)C2C)C(C)C1(C)CC. The van der Waals surface area contributed by atoms with E-state index in [2.05, 4.69) is 82.4 Å². The van der Waals surface area contributed by atoms with Crippen LogP contribution in [0.25, 0.3) is 0 Å². The van der Waals surface area contributed by atoms with E-state index in [1.54, 1.807) is 13.8 Å². The van der Waals surface area contributed by atoms with Crippen molar-refractivity contribution in [2.24, 2.45) is 17.3 Å². The Morgan fingerprint density at radius 3 is 1.07 bits per heavy atom. The molecule has 85 heavy (non-hydrogen) atoms. The van der Waals surface area contributed by atoms with Crippen LogP contribution in [0.2, 0.25) is 0 Å². The first-order chi connectivity index (χ1) is 39.1. The molecule has 0 aliphatic carbocycles. The van der Waals surface area contributed by atoms with Gasteiger partial charge in [-0.3, -0.25) is 19.2 Å². The maximum atomic E-state index is 17.1. The van der Waals surface area contributed by atoms with Crippen LogP contribution in [-0.4, -0.2) is 78.1 Å². The molecule has 2 aliphatic rings. The summed E-state index contributed by atoms with van der Waals surface area (Å²) in [5, 5.41) is 25.3. The minimum absolute atomic E-state index is 0.132. The number of ether oxygens (including phenoxy) is 2. The third kappa shape index (κ3) is 12.4. The summed E-state index contributed by atoms with van der Waals surface area (Å²) >= 11 is 0.